The molecule has 0 unspecified atom stereocenters. The second kappa shape index (κ2) is 12.1. The molecule has 2 N–H and O–H groups in total. The number of rotatable bonds is 8. The molecule has 1 heterocycles. The van der Waals surface area contributed by atoms with Gasteiger partial charge in [0.05, 0.1) is 20.8 Å². The van der Waals surface area contributed by atoms with Gasteiger partial charge in [-0.2, -0.15) is 5.10 Å². The van der Waals surface area contributed by atoms with Crippen molar-refractivity contribution >= 4 is 29.9 Å². The minimum Gasteiger partial charge on any atom is -0.497 e. The van der Waals surface area contributed by atoms with E-state index in [1.54, 1.807) is 14.2 Å². The van der Waals surface area contributed by atoms with Crippen LogP contribution in [-0.2, 0) is 13.1 Å². The smallest absolute Gasteiger partial charge is 0.194 e. The van der Waals surface area contributed by atoms with Gasteiger partial charge in [-0.25, -0.2) is 9.98 Å². The Bertz CT molecular complexity index is 978. The minimum atomic E-state index is 0. The number of hydrogen-bond donors (Lipinski definition) is 2. The number of nitrogens with one attached hydrogen (secondary N) is 2. The van der Waals surface area contributed by atoms with E-state index in [0.717, 1.165) is 46.5 Å². The largest absolute Gasteiger partial charge is 0.497 e. The third-order valence-corrected chi connectivity index (χ3v) is 4.63. The van der Waals surface area contributed by atoms with Gasteiger partial charge < -0.3 is 19.7 Å². The third-order valence-electron chi connectivity index (χ3n) is 4.63. The number of aliphatic imine (C=N–C) groups is 1. The monoisotopic (exact) mass is 536 g/mol. The van der Waals surface area contributed by atoms with E-state index in [2.05, 4.69) is 44.5 Å². The van der Waals surface area contributed by atoms with Crippen LogP contribution in [0.5, 0.6) is 11.5 Å². The first kappa shape index (κ1) is 24.4. The fourth-order valence-electron chi connectivity index (χ4n) is 3.11. The Balaban J connectivity index is 0.00000341. The minimum absolute atomic E-state index is 0. The molecule has 0 spiro atoms. The van der Waals surface area contributed by atoms with Crippen molar-refractivity contribution in [1.29, 1.82) is 0 Å². The lowest BCUT2D eigenvalue weighted by atomic mass is 10.1. The van der Waals surface area contributed by atoms with Crippen LogP contribution in [-0.4, -0.2) is 53.9 Å². The fraction of sp³-hybridized carbons (Fsp3) is 0.318. The van der Waals surface area contributed by atoms with Crippen molar-refractivity contribution in [3.63, 3.8) is 0 Å². The number of hydrogen-bond acceptors (Lipinski definition) is 5. The molecule has 0 aliphatic heterocycles. The van der Waals surface area contributed by atoms with Gasteiger partial charge in [0, 0.05) is 37.3 Å². The van der Waals surface area contributed by atoms with E-state index in [9.17, 15) is 0 Å². The van der Waals surface area contributed by atoms with Crippen molar-refractivity contribution in [2.75, 3.05) is 27.8 Å². The van der Waals surface area contributed by atoms with E-state index in [1.807, 2.05) is 37.4 Å². The average molecular weight is 536 g/mol. The van der Waals surface area contributed by atoms with Crippen LogP contribution < -0.4 is 14.8 Å². The van der Waals surface area contributed by atoms with Crippen LogP contribution in [0.1, 0.15) is 18.1 Å². The number of ether oxygens (including phenoxy) is 2. The molecule has 0 aliphatic rings. The molecular weight excluding hydrogens is 507 g/mol. The van der Waals surface area contributed by atoms with Crippen molar-refractivity contribution in [2.45, 2.75) is 20.0 Å². The van der Waals surface area contributed by atoms with Crippen molar-refractivity contribution in [3.05, 3.63) is 59.9 Å². The van der Waals surface area contributed by atoms with Crippen LogP contribution in [0.15, 0.2) is 53.8 Å². The summed E-state index contributed by atoms with van der Waals surface area (Å²) in [5.74, 6) is 3.12. The molecule has 0 aliphatic carbocycles. The van der Waals surface area contributed by atoms with Crippen molar-refractivity contribution in [2.24, 2.45) is 4.99 Å². The summed E-state index contributed by atoms with van der Waals surface area (Å²) in [5.41, 5.74) is 3.13. The molecule has 0 saturated heterocycles. The summed E-state index contributed by atoms with van der Waals surface area (Å²) in [6, 6.07) is 14.0. The molecule has 3 rings (SSSR count). The summed E-state index contributed by atoms with van der Waals surface area (Å²) in [6.45, 7) is 4.04. The van der Waals surface area contributed by atoms with E-state index in [-0.39, 0.29) is 24.0 Å². The van der Waals surface area contributed by atoms with Crippen LogP contribution in [0.2, 0.25) is 0 Å². The number of methoxy groups -OCH3 is 2. The maximum atomic E-state index is 5.53. The molecule has 0 amide bonds. The predicted octanol–water partition coefficient (Wildman–Crippen LogP) is 3.70. The summed E-state index contributed by atoms with van der Waals surface area (Å²) in [6.07, 6.45) is 1.51. The second-order valence-electron chi connectivity index (χ2n) is 6.74. The zero-order valence-electron chi connectivity index (χ0n) is 18.3. The lowest BCUT2D eigenvalue weighted by Crippen LogP contribution is -2.38. The van der Waals surface area contributed by atoms with Crippen LogP contribution in [0.3, 0.4) is 0 Å². The number of halogens is 1. The highest BCUT2D eigenvalue weighted by molar-refractivity contribution is 14.0. The Morgan fingerprint density at radius 2 is 2.00 bits per heavy atom. The van der Waals surface area contributed by atoms with Crippen molar-refractivity contribution in [3.8, 4) is 22.9 Å². The summed E-state index contributed by atoms with van der Waals surface area (Å²) >= 11 is 0. The zero-order chi connectivity index (χ0) is 21.3. The van der Waals surface area contributed by atoms with E-state index < -0.39 is 0 Å². The number of aromatic nitrogens is 3. The summed E-state index contributed by atoms with van der Waals surface area (Å²) in [5, 5.41) is 10.2. The second-order valence-corrected chi connectivity index (χ2v) is 6.74. The first-order valence-electron chi connectivity index (χ1n) is 9.79. The number of H-pyrrole nitrogens is 1. The molecule has 2 aromatic carbocycles. The van der Waals surface area contributed by atoms with Crippen molar-refractivity contribution in [1.82, 2.24) is 25.4 Å². The first-order chi connectivity index (χ1) is 14.6. The molecule has 0 radical (unpaired) electrons. The molecule has 166 valence electrons. The highest BCUT2D eigenvalue weighted by Gasteiger charge is 2.11. The van der Waals surface area contributed by atoms with Crippen molar-refractivity contribution < 1.29 is 9.47 Å². The van der Waals surface area contributed by atoms with Crippen LogP contribution in [0, 0.1) is 0 Å². The summed E-state index contributed by atoms with van der Waals surface area (Å²) < 4.78 is 10.8. The van der Waals surface area contributed by atoms with E-state index in [4.69, 9.17) is 14.5 Å². The Hall–Kier alpha value is -2.82. The predicted molar refractivity (Wildman–Crippen MR) is 133 cm³/mol. The van der Waals surface area contributed by atoms with Gasteiger partial charge in [0.15, 0.2) is 11.8 Å². The number of aromatic amines is 1. The Morgan fingerprint density at radius 3 is 2.68 bits per heavy atom. The highest BCUT2D eigenvalue weighted by atomic mass is 127. The molecule has 1 aromatic heterocycles. The van der Waals surface area contributed by atoms with Gasteiger partial charge in [0.2, 0.25) is 0 Å². The normalized spacial score (nSPS) is 10.9. The molecule has 31 heavy (non-hydrogen) atoms. The standard InChI is InChI=1S/C22H28N6O2.HI/c1-5-23-22(28(2)14-18-9-10-19(29-3)12-20(18)30-4)24-13-16-7-6-8-17(11-16)21-25-15-26-27-21;/h6-12,15H,5,13-14H2,1-4H3,(H,23,24)(H,25,26,27);1H. The van der Waals surface area contributed by atoms with Gasteiger partial charge in [-0.05, 0) is 30.7 Å². The summed E-state index contributed by atoms with van der Waals surface area (Å²) in [7, 11) is 5.32. The van der Waals surface area contributed by atoms with Gasteiger partial charge >= 0.3 is 0 Å². The molecule has 0 saturated carbocycles. The van der Waals surface area contributed by atoms with Gasteiger partial charge in [0.25, 0.3) is 0 Å². The maximum Gasteiger partial charge on any atom is 0.194 e. The van der Waals surface area contributed by atoms with Gasteiger partial charge in [-0.15, -0.1) is 24.0 Å². The topological polar surface area (TPSA) is 87.7 Å². The Labute approximate surface area is 200 Å². The molecule has 3 aromatic rings. The first-order valence-corrected chi connectivity index (χ1v) is 9.79. The number of nitrogens with zero attached hydrogens (tertiary/aromatic N) is 4. The third kappa shape index (κ3) is 6.58. The lowest BCUT2D eigenvalue weighted by molar-refractivity contribution is 0.382. The molecule has 0 atom stereocenters. The van der Waals surface area contributed by atoms with Crippen LogP contribution in [0.4, 0.5) is 0 Å². The SMILES string of the molecule is CCNC(=NCc1cccc(-c2ncn[nH]2)c1)N(C)Cc1ccc(OC)cc1OC.I. The lowest BCUT2D eigenvalue weighted by Gasteiger charge is -2.23. The van der Waals surface area contributed by atoms with E-state index >= 15 is 0 Å². The van der Waals surface area contributed by atoms with Gasteiger partial charge in [-0.3, -0.25) is 5.10 Å². The molecule has 9 heteroatoms. The maximum absolute atomic E-state index is 5.53. The molecule has 0 fully saturated rings. The number of benzene rings is 2. The fourth-order valence-corrected chi connectivity index (χ4v) is 3.11. The highest BCUT2D eigenvalue weighted by Crippen LogP contribution is 2.25. The Morgan fingerprint density at radius 1 is 1.16 bits per heavy atom. The van der Waals surface area contributed by atoms with Crippen LogP contribution >= 0.6 is 24.0 Å². The average Bonchev–Trinajstić information content (AvgIpc) is 3.32. The van der Waals surface area contributed by atoms with E-state index in [1.165, 1.54) is 6.33 Å². The molecule has 0 bridgehead atoms. The van der Waals surface area contributed by atoms with E-state index in [0.29, 0.717) is 13.1 Å². The molecular formula is C22H29IN6O2. The van der Waals surface area contributed by atoms with Crippen LogP contribution in [0.25, 0.3) is 11.4 Å². The summed E-state index contributed by atoms with van der Waals surface area (Å²) in [4.78, 5) is 11.1. The van der Waals surface area contributed by atoms with Gasteiger partial charge in [0.1, 0.15) is 17.8 Å². The quantitative estimate of drug-likeness (QED) is 0.260. The Kier molecular flexibility index (Phi) is 9.57. The van der Waals surface area contributed by atoms with Gasteiger partial charge in [-0.1, -0.05) is 18.2 Å². The zero-order valence-corrected chi connectivity index (χ0v) is 20.6. The molecule has 8 nitrogen and oxygen atoms in total. The number of guanidine groups is 1.